The van der Waals surface area contributed by atoms with Gasteiger partial charge in [0.25, 0.3) is 11.8 Å². The molecule has 146 valence electrons. The Hall–Kier alpha value is -3.85. The van der Waals surface area contributed by atoms with Crippen molar-refractivity contribution < 1.29 is 14.5 Å². The number of hydrogen-bond donors (Lipinski definition) is 2. The van der Waals surface area contributed by atoms with E-state index in [1.54, 1.807) is 42.5 Å². The second-order valence-corrected chi connectivity index (χ2v) is 7.13. The predicted molar refractivity (Wildman–Crippen MR) is 112 cm³/mol. The molecule has 3 rings (SSSR count). The third kappa shape index (κ3) is 5.33. The molecule has 1 heterocycles. The van der Waals surface area contributed by atoms with Crippen LogP contribution in [0.15, 0.2) is 65.8 Å². The van der Waals surface area contributed by atoms with Gasteiger partial charge in [-0.1, -0.05) is 35.1 Å². The molecule has 0 aliphatic carbocycles. The summed E-state index contributed by atoms with van der Waals surface area (Å²) in [6.45, 7) is 1.90. The van der Waals surface area contributed by atoms with Crippen molar-refractivity contribution in [3.05, 3.63) is 92.3 Å². The van der Waals surface area contributed by atoms with Crippen molar-refractivity contribution in [2.24, 2.45) is 5.10 Å². The summed E-state index contributed by atoms with van der Waals surface area (Å²) in [6.07, 6.45) is 1.33. The zero-order valence-electron chi connectivity index (χ0n) is 15.3. The first-order valence-corrected chi connectivity index (χ1v) is 9.30. The molecule has 0 bridgehead atoms. The lowest BCUT2D eigenvalue weighted by Crippen LogP contribution is -2.18. The number of nitro groups is 1. The molecule has 3 aromatic rings. The highest BCUT2D eigenvalue weighted by Gasteiger charge is 2.10. The lowest BCUT2D eigenvalue weighted by molar-refractivity contribution is -0.380. The van der Waals surface area contributed by atoms with Crippen LogP contribution in [0, 0.1) is 17.0 Å². The maximum Gasteiger partial charge on any atom is 0.324 e. The van der Waals surface area contributed by atoms with Gasteiger partial charge in [0.05, 0.1) is 16.0 Å². The molecule has 8 nitrogen and oxygen atoms in total. The van der Waals surface area contributed by atoms with Crippen molar-refractivity contribution >= 4 is 40.1 Å². The number of aryl methyl sites for hydroxylation is 1. The van der Waals surface area contributed by atoms with Crippen LogP contribution >= 0.6 is 11.3 Å². The van der Waals surface area contributed by atoms with E-state index in [1.807, 2.05) is 13.0 Å². The molecule has 1 aromatic heterocycles. The van der Waals surface area contributed by atoms with Gasteiger partial charge < -0.3 is 5.32 Å². The highest BCUT2D eigenvalue weighted by molar-refractivity contribution is 7.16. The van der Waals surface area contributed by atoms with Crippen LogP contribution < -0.4 is 10.7 Å². The van der Waals surface area contributed by atoms with E-state index in [-0.39, 0.29) is 10.9 Å². The normalized spacial score (nSPS) is 10.7. The first-order valence-electron chi connectivity index (χ1n) is 8.48. The van der Waals surface area contributed by atoms with E-state index in [1.165, 1.54) is 18.3 Å². The van der Waals surface area contributed by atoms with E-state index in [0.29, 0.717) is 21.7 Å². The molecule has 0 aliphatic rings. The Balaban J connectivity index is 1.63. The molecular weight excluding hydrogens is 392 g/mol. The molecule has 0 fully saturated rings. The molecule has 2 aromatic carbocycles. The molecule has 0 spiro atoms. The third-order valence-corrected chi connectivity index (χ3v) is 4.78. The SMILES string of the molecule is Cc1cccc(C(=O)Nc2cccc(C(=O)N/N=C/c3ccc([N+](=O)[O-])s3)c2)c1. The van der Waals surface area contributed by atoms with Crippen molar-refractivity contribution in [1.29, 1.82) is 0 Å². The smallest absolute Gasteiger partial charge is 0.322 e. The minimum atomic E-state index is -0.489. The van der Waals surface area contributed by atoms with Crippen molar-refractivity contribution in [2.45, 2.75) is 6.92 Å². The molecule has 0 atom stereocenters. The van der Waals surface area contributed by atoms with E-state index in [2.05, 4.69) is 15.8 Å². The van der Waals surface area contributed by atoms with Crippen LogP contribution in [-0.4, -0.2) is 23.0 Å². The first-order chi connectivity index (χ1) is 13.9. The number of carbonyl (C=O) groups excluding carboxylic acids is 2. The zero-order valence-corrected chi connectivity index (χ0v) is 16.1. The summed E-state index contributed by atoms with van der Waals surface area (Å²) in [6, 6.07) is 16.5. The van der Waals surface area contributed by atoms with Crippen LogP contribution in [0.1, 0.15) is 31.2 Å². The van der Waals surface area contributed by atoms with Gasteiger partial charge in [-0.15, -0.1) is 0 Å². The molecule has 9 heteroatoms. The van der Waals surface area contributed by atoms with Gasteiger partial charge in [0.2, 0.25) is 0 Å². The number of thiophene rings is 1. The Morgan fingerprint density at radius 1 is 1.03 bits per heavy atom. The van der Waals surface area contributed by atoms with Crippen LogP contribution in [0.3, 0.4) is 0 Å². The largest absolute Gasteiger partial charge is 0.324 e. The van der Waals surface area contributed by atoms with Gasteiger partial charge in [0.1, 0.15) is 0 Å². The predicted octanol–water partition coefficient (Wildman–Crippen LogP) is 3.98. The summed E-state index contributed by atoms with van der Waals surface area (Å²) in [5.41, 5.74) is 4.64. The number of hydrogen-bond acceptors (Lipinski definition) is 6. The number of nitrogens with one attached hydrogen (secondary N) is 2. The number of benzene rings is 2. The van der Waals surface area contributed by atoms with Crippen molar-refractivity contribution in [3.8, 4) is 0 Å². The highest BCUT2D eigenvalue weighted by atomic mass is 32.1. The van der Waals surface area contributed by atoms with E-state index in [9.17, 15) is 19.7 Å². The average Bonchev–Trinajstić information content (AvgIpc) is 3.17. The first kappa shape index (κ1) is 19.9. The fourth-order valence-corrected chi connectivity index (χ4v) is 3.15. The van der Waals surface area contributed by atoms with Crippen LogP contribution in [0.4, 0.5) is 10.7 Å². The van der Waals surface area contributed by atoms with E-state index < -0.39 is 10.8 Å². The second kappa shape index (κ2) is 8.89. The van der Waals surface area contributed by atoms with Crippen LogP contribution in [0.2, 0.25) is 0 Å². The van der Waals surface area contributed by atoms with Gasteiger partial charge in [0.15, 0.2) is 0 Å². The summed E-state index contributed by atoms with van der Waals surface area (Å²) in [4.78, 5) is 35.3. The molecular formula is C20H16N4O4S. The topological polar surface area (TPSA) is 114 Å². The molecule has 0 radical (unpaired) electrons. The minimum Gasteiger partial charge on any atom is -0.322 e. The number of anilines is 1. The van der Waals surface area contributed by atoms with Crippen LogP contribution in [-0.2, 0) is 0 Å². The quantitative estimate of drug-likeness (QED) is 0.365. The Kier molecular flexibility index (Phi) is 6.10. The fraction of sp³-hybridized carbons (Fsp3) is 0.0500. The summed E-state index contributed by atoms with van der Waals surface area (Å²) in [5, 5.41) is 17.2. The minimum absolute atomic E-state index is 0.00479. The molecule has 0 saturated carbocycles. The van der Waals surface area contributed by atoms with Crippen molar-refractivity contribution in [1.82, 2.24) is 5.43 Å². The summed E-state index contributed by atoms with van der Waals surface area (Å²) < 4.78 is 0. The van der Waals surface area contributed by atoms with Crippen molar-refractivity contribution in [2.75, 3.05) is 5.32 Å². The zero-order chi connectivity index (χ0) is 20.8. The van der Waals surface area contributed by atoms with Gasteiger partial charge in [0, 0.05) is 22.9 Å². The van der Waals surface area contributed by atoms with Crippen LogP contribution in [0.25, 0.3) is 0 Å². The van der Waals surface area contributed by atoms with Crippen LogP contribution in [0.5, 0.6) is 0 Å². The molecule has 0 saturated heterocycles. The van der Waals surface area contributed by atoms with E-state index in [0.717, 1.165) is 16.9 Å². The summed E-state index contributed by atoms with van der Waals surface area (Å²) in [5.74, 6) is -0.748. The van der Waals surface area contributed by atoms with E-state index >= 15 is 0 Å². The van der Waals surface area contributed by atoms with E-state index in [4.69, 9.17) is 0 Å². The summed E-state index contributed by atoms with van der Waals surface area (Å²) >= 11 is 0.949. The maximum absolute atomic E-state index is 12.3. The van der Waals surface area contributed by atoms with Gasteiger partial charge in [-0.25, -0.2) is 5.43 Å². The number of carbonyl (C=O) groups is 2. The van der Waals surface area contributed by atoms with Gasteiger partial charge in [-0.05, 0) is 43.3 Å². The van der Waals surface area contributed by atoms with Gasteiger partial charge in [-0.3, -0.25) is 19.7 Å². The third-order valence-electron chi connectivity index (χ3n) is 3.81. The monoisotopic (exact) mass is 408 g/mol. The lowest BCUT2D eigenvalue weighted by Gasteiger charge is -2.07. The van der Waals surface area contributed by atoms with Gasteiger partial charge >= 0.3 is 5.00 Å². The molecule has 0 unspecified atom stereocenters. The number of nitrogens with zero attached hydrogens (tertiary/aromatic N) is 2. The fourth-order valence-electron chi connectivity index (χ4n) is 2.46. The molecule has 29 heavy (non-hydrogen) atoms. The molecule has 2 amide bonds. The van der Waals surface area contributed by atoms with Gasteiger partial charge in [-0.2, -0.15) is 5.10 Å². The Morgan fingerprint density at radius 3 is 2.45 bits per heavy atom. The Bertz CT molecular complexity index is 1110. The highest BCUT2D eigenvalue weighted by Crippen LogP contribution is 2.22. The Morgan fingerprint density at radius 2 is 1.76 bits per heavy atom. The molecule has 2 N–H and O–H groups in total. The standard InChI is InChI=1S/C20H16N4O4S/c1-13-4-2-5-14(10-13)19(25)22-16-7-3-6-15(11-16)20(26)23-21-12-17-8-9-18(29-17)24(27)28/h2-12H,1H3,(H,22,25)(H,23,26)/b21-12+. The molecule has 0 aliphatic heterocycles. The number of amides is 2. The number of rotatable bonds is 6. The lowest BCUT2D eigenvalue weighted by atomic mass is 10.1. The second-order valence-electron chi connectivity index (χ2n) is 6.04. The summed E-state index contributed by atoms with van der Waals surface area (Å²) in [7, 11) is 0. The van der Waals surface area contributed by atoms with Crippen molar-refractivity contribution in [3.63, 3.8) is 0 Å². The Labute approximate surface area is 170 Å². The maximum atomic E-state index is 12.3. The average molecular weight is 408 g/mol. The number of hydrazone groups is 1.